The molecule has 1 unspecified atom stereocenters. The Morgan fingerprint density at radius 2 is 1.75 bits per heavy atom. The highest BCUT2D eigenvalue weighted by molar-refractivity contribution is 5.95. The first-order valence-corrected chi connectivity index (χ1v) is 6.89. The molecule has 0 spiro atoms. The second-order valence-electron chi connectivity index (χ2n) is 4.74. The maximum absolute atomic E-state index is 12.2. The van der Waals surface area contributed by atoms with Gasteiger partial charge in [-0.3, -0.25) is 4.79 Å². The summed E-state index contributed by atoms with van der Waals surface area (Å²) < 4.78 is 0. The first-order valence-electron chi connectivity index (χ1n) is 6.89. The van der Waals surface area contributed by atoms with Crippen LogP contribution in [0, 0.1) is 0 Å². The van der Waals surface area contributed by atoms with Crippen LogP contribution in [0.15, 0.2) is 54.6 Å². The maximum atomic E-state index is 12.2. The molecule has 0 heterocycles. The van der Waals surface area contributed by atoms with Crippen molar-refractivity contribution in [2.24, 2.45) is 5.73 Å². The van der Waals surface area contributed by atoms with Crippen LogP contribution < -0.4 is 11.1 Å². The summed E-state index contributed by atoms with van der Waals surface area (Å²) in [5, 5.41) is 2.91. The van der Waals surface area contributed by atoms with Crippen LogP contribution in [0.1, 0.15) is 34.5 Å². The van der Waals surface area contributed by atoms with Crippen LogP contribution in [0.5, 0.6) is 0 Å². The molecule has 1 atom stereocenters. The lowest BCUT2D eigenvalue weighted by Gasteiger charge is -2.14. The van der Waals surface area contributed by atoms with Gasteiger partial charge in [-0.25, -0.2) is 0 Å². The lowest BCUT2D eigenvalue weighted by Crippen LogP contribution is -2.32. The third kappa shape index (κ3) is 3.45. The van der Waals surface area contributed by atoms with E-state index in [1.54, 1.807) is 0 Å². The van der Waals surface area contributed by atoms with Crippen LogP contribution >= 0.6 is 0 Å². The summed E-state index contributed by atoms with van der Waals surface area (Å²) in [5.41, 5.74) is 8.89. The quantitative estimate of drug-likeness (QED) is 0.876. The molecule has 104 valence electrons. The molecule has 2 rings (SSSR count). The molecule has 0 aliphatic carbocycles. The highest BCUT2D eigenvalue weighted by Gasteiger charge is 2.11. The van der Waals surface area contributed by atoms with Gasteiger partial charge < -0.3 is 11.1 Å². The van der Waals surface area contributed by atoms with Crippen molar-refractivity contribution in [2.75, 3.05) is 6.54 Å². The van der Waals surface area contributed by atoms with Gasteiger partial charge >= 0.3 is 0 Å². The zero-order chi connectivity index (χ0) is 14.4. The second kappa shape index (κ2) is 6.87. The molecule has 3 nitrogen and oxygen atoms in total. The SMILES string of the molecule is CCc1ccccc1C(=O)NCC(N)c1ccccc1. The monoisotopic (exact) mass is 268 g/mol. The largest absolute Gasteiger partial charge is 0.350 e. The van der Waals surface area contributed by atoms with Crippen molar-refractivity contribution in [3.05, 3.63) is 71.3 Å². The van der Waals surface area contributed by atoms with E-state index in [0.717, 1.165) is 23.1 Å². The summed E-state index contributed by atoms with van der Waals surface area (Å²) in [7, 11) is 0. The molecule has 0 saturated heterocycles. The Kier molecular flexibility index (Phi) is 4.91. The fourth-order valence-corrected chi connectivity index (χ4v) is 2.17. The average Bonchev–Trinajstić information content (AvgIpc) is 2.53. The van der Waals surface area contributed by atoms with Gasteiger partial charge in [0.15, 0.2) is 0 Å². The molecule has 20 heavy (non-hydrogen) atoms. The van der Waals surface area contributed by atoms with Gasteiger partial charge in [0.1, 0.15) is 0 Å². The van der Waals surface area contributed by atoms with Gasteiger partial charge in [-0.2, -0.15) is 0 Å². The van der Waals surface area contributed by atoms with Crippen molar-refractivity contribution < 1.29 is 4.79 Å². The smallest absolute Gasteiger partial charge is 0.251 e. The van der Waals surface area contributed by atoms with E-state index in [4.69, 9.17) is 5.73 Å². The van der Waals surface area contributed by atoms with Gasteiger partial charge in [0.05, 0.1) is 0 Å². The van der Waals surface area contributed by atoms with E-state index in [-0.39, 0.29) is 11.9 Å². The van der Waals surface area contributed by atoms with E-state index in [1.165, 1.54) is 0 Å². The lowest BCUT2D eigenvalue weighted by molar-refractivity contribution is 0.0950. The number of rotatable bonds is 5. The molecular weight excluding hydrogens is 248 g/mol. The van der Waals surface area contributed by atoms with Crippen LogP contribution in [0.2, 0.25) is 0 Å². The fourth-order valence-electron chi connectivity index (χ4n) is 2.17. The Labute approximate surface area is 119 Å². The van der Waals surface area contributed by atoms with Gasteiger partial charge in [-0.05, 0) is 23.6 Å². The summed E-state index contributed by atoms with van der Waals surface area (Å²) in [6, 6.07) is 17.3. The molecule has 0 radical (unpaired) electrons. The second-order valence-corrected chi connectivity index (χ2v) is 4.74. The number of hydrogen-bond acceptors (Lipinski definition) is 2. The average molecular weight is 268 g/mol. The van der Waals surface area contributed by atoms with E-state index >= 15 is 0 Å². The molecule has 3 heteroatoms. The Bertz CT molecular complexity index is 566. The molecule has 0 aliphatic rings. The summed E-state index contributed by atoms with van der Waals surface area (Å²) in [4.78, 5) is 12.2. The van der Waals surface area contributed by atoms with E-state index in [1.807, 2.05) is 61.5 Å². The van der Waals surface area contributed by atoms with Crippen molar-refractivity contribution in [3.63, 3.8) is 0 Å². The van der Waals surface area contributed by atoms with E-state index in [0.29, 0.717) is 6.54 Å². The fraction of sp³-hybridized carbons (Fsp3) is 0.235. The number of amides is 1. The van der Waals surface area contributed by atoms with Gasteiger partial charge in [-0.15, -0.1) is 0 Å². The molecule has 3 N–H and O–H groups in total. The molecule has 0 bridgehead atoms. The number of benzene rings is 2. The lowest BCUT2D eigenvalue weighted by atomic mass is 10.0. The number of carbonyl (C=O) groups excluding carboxylic acids is 1. The van der Waals surface area contributed by atoms with Gasteiger partial charge in [0.2, 0.25) is 0 Å². The minimum Gasteiger partial charge on any atom is -0.350 e. The molecule has 1 amide bonds. The van der Waals surface area contributed by atoms with Crippen molar-refractivity contribution in [1.29, 1.82) is 0 Å². The maximum Gasteiger partial charge on any atom is 0.251 e. The Balaban J connectivity index is 1.99. The predicted octanol–water partition coefficient (Wildman–Crippen LogP) is 2.68. The van der Waals surface area contributed by atoms with E-state index in [2.05, 4.69) is 5.32 Å². The molecular formula is C17H20N2O. The van der Waals surface area contributed by atoms with Crippen LogP contribution in [0.4, 0.5) is 0 Å². The minimum atomic E-state index is -0.186. The van der Waals surface area contributed by atoms with Crippen LogP contribution in [-0.4, -0.2) is 12.5 Å². The topological polar surface area (TPSA) is 55.1 Å². The number of carbonyl (C=O) groups is 1. The first-order chi connectivity index (χ1) is 9.72. The van der Waals surface area contributed by atoms with E-state index in [9.17, 15) is 4.79 Å². The Hall–Kier alpha value is -2.13. The van der Waals surface area contributed by atoms with Crippen molar-refractivity contribution >= 4 is 5.91 Å². The number of nitrogens with one attached hydrogen (secondary N) is 1. The number of nitrogens with two attached hydrogens (primary N) is 1. The third-order valence-corrected chi connectivity index (χ3v) is 3.35. The van der Waals surface area contributed by atoms with Gasteiger partial charge in [0.25, 0.3) is 5.91 Å². The van der Waals surface area contributed by atoms with Crippen molar-refractivity contribution in [2.45, 2.75) is 19.4 Å². The highest BCUT2D eigenvalue weighted by atomic mass is 16.1. The first kappa shape index (κ1) is 14.3. The van der Waals surface area contributed by atoms with Crippen LogP contribution in [0.3, 0.4) is 0 Å². The summed E-state index contributed by atoms with van der Waals surface area (Å²) in [6.07, 6.45) is 0.842. The predicted molar refractivity (Wildman–Crippen MR) is 81.5 cm³/mol. The van der Waals surface area contributed by atoms with Crippen molar-refractivity contribution in [3.8, 4) is 0 Å². The third-order valence-electron chi connectivity index (χ3n) is 3.35. The van der Waals surface area contributed by atoms with Crippen LogP contribution in [0.25, 0.3) is 0 Å². The molecule has 0 fully saturated rings. The van der Waals surface area contributed by atoms with Gasteiger partial charge in [0, 0.05) is 18.2 Å². The molecule has 0 saturated carbocycles. The van der Waals surface area contributed by atoms with E-state index < -0.39 is 0 Å². The van der Waals surface area contributed by atoms with Crippen molar-refractivity contribution in [1.82, 2.24) is 5.32 Å². The molecule has 0 aliphatic heterocycles. The summed E-state index contributed by atoms with van der Waals surface area (Å²) in [5.74, 6) is -0.0613. The standard InChI is InChI=1S/C17H20N2O/c1-2-13-8-6-7-11-15(13)17(20)19-12-16(18)14-9-4-3-5-10-14/h3-11,16H,2,12,18H2,1H3,(H,19,20). The minimum absolute atomic E-state index is 0.0613. The summed E-state index contributed by atoms with van der Waals surface area (Å²) >= 11 is 0. The zero-order valence-electron chi connectivity index (χ0n) is 11.7. The zero-order valence-corrected chi connectivity index (χ0v) is 11.7. The normalized spacial score (nSPS) is 11.9. The van der Waals surface area contributed by atoms with Gasteiger partial charge in [-0.1, -0.05) is 55.5 Å². The Morgan fingerprint density at radius 1 is 1.10 bits per heavy atom. The molecule has 2 aromatic rings. The highest BCUT2D eigenvalue weighted by Crippen LogP contribution is 2.11. The molecule has 2 aromatic carbocycles. The number of hydrogen-bond donors (Lipinski definition) is 2. The van der Waals surface area contributed by atoms with Crippen LogP contribution in [-0.2, 0) is 6.42 Å². The Morgan fingerprint density at radius 3 is 2.45 bits per heavy atom. The molecule has 0 aromatic heterocycles. The summed E-state index contributed by atoms with van der Waals surface area (Å²) in [6.45, 7) is 2.47. The number of aryl methyl sites for hydroxylation is 1.